The van der Waals surface area contributed by atoms with Crippen molar-refractivity contribution < 1.29 is 32.2 Å². The second-order valence-electron chi connectivity index (χ2n) is 7.32. The summed E-state index contributed by atoms with van der Waals surface area (Å²) < 4.78 is 42.6. The number of methoxy groups -OCH3 is 1. The first kappa shape index (κ1) is 23.7. The lowest BCUT2D eigenvalue weighted by atomic mass is 10.1. The number of amides is 1. The topological polar surface area (TPSA) is 111 Å². The Morgan fingerprint density at radius 3 is 2.50 bits per heavy atom. The Balaban J connectivity index is 1.69. The number of esters is 1. The van der Waals surface area contributed by atoms with Crippen LogP contribution in [0.3, 0.4) is 0 Å². The first-order valence-corrected chi connectivity index (χ1v) is 11.5. The van der Waals surface area contributed by atoms with Gasteiger partial charge in [-0.2, -0.15) is 4.31 Å². The summed E-state index contributed by atoms with van der Waals surface area (Å²) in [5.74, 6) is -0.850. The van der Waals surface area contributed by atoms with Crippen molar-refractivity contribution >= 4 is 27.6 Å². The average molecular weight is 463 g/mol. The highest BCUT2D eigenvalue weighted by Crippen LogP contribution is 2.25. The Morgan fingerprint density at radius 1 is 1.09 bits per heavy atom. The number of hydrogen-bond acceptors (Lipinski definition) is 7. The van der Waals surface area contributed by atoms with Gasteiger partial charge >= 0.3 is 5.97 Å². The third-order valence-electron chi connectivity index (χ3n) is 5.00. The van der Waals surface area contributed by atoms with Crippen molar-refractivity contribution in [2.45, 2.75) is 18.7 Å². The van der Waals surface area contributed by atoms with Gasteiger partial charge in [0.2, 0.25) is 10.0 Å². The molecule has 0 radical (unpaired) electrons. The predicted molar refractivity (Wildman–Crippen MR) is 117 cm³/mol. The number of hydrogen-bond donors (Lipinski definition) is 1. The molecule has 1 aliphatic heterocycles. The number of anilines is 1. The van der Waals surface area contributed by atoms with E-state index < -0.39 is 28.5 Å². The summed E-state index contributed by atoms with van der Waals surface area (Å²) in [5.41, 5.74) is 2.01. The minimum atomic E-state index is -3.77. The molecule has 0 atom stereocenters. The summed E-state index contributed by atoms with van der Waals surface area (Å²) >= 11 is 0. The zero-order chi connectivity index (χ0) is 23.3. The first-order valence-electron chi connectivity index (χ1n) is 10.0. The number of nitrogens with zero attached hydrogens (tertiary/aromatic N) is 1. The molecule has 1 heterocycles. The smallest absolute Gasteiger partial charge is 0.338 e. The van der Waals surface area contributed by atoms with Crippen LogP contribution in [0.1, 0.15) is 21.5 Å². The largest absolute Gasteiger partial charge is 0.495 e. The molecule has 3 rings (SSSR count). The normalized spacial score (nSPS) is 14.6. The van der Waals surface area contributed by atoms with Crippen LogP contribution < -0.4 is 10.1 Å². The van der Waals surface area contributed by atoms with E-state index in [2.05, 4.69) is 5.32 Å². The third kappa shape index (κ3) is 5.45. The molecule has 1 saturated heterocycles. The van der Waals surface area contributed by atoms with Crippen LogP contribution in [0.15, 0.2) is 41.3 Å². The quantitative estimate of drug-likeness (QED) is 0.628. The summed E-state index contributed by atoms with van der Waals surface area (Å²) in [5, 5.41) is 2.65. The molecular weight excluding hydrogens is 436 g/mol. The number of nitrogens with one attached hydrogen (secondary N) is 1. The minimum absolute atomic E-state index is 0.00843. The monoisotopic (exact) mass is 462 g/mol. The average Bonchev–Trinajstić information content (AvgIpc) is 2.78. The Morgan fingerprint density at radius 2 is 1.81 bits per heavy atom. The van der Waals surface area contributed by atoms with E-state index in [1.54, 1.807) is 25.1 Å². The molecule has 0 saturated carbocycles. The lowest BCUT2D eigenvalue weighted by Crippen LogP contribution is -2.40. The van der Waals surface area contributed by atoms with E-state index >= 15 is 0 Å². The molecule has 1 aliphatic rings. The SMILES string of the molecule is COc1ccc(C)cc1NC(=O)COC(=O)c1cc(S(=O)(=O)N2CCOCC2)ccc1C. The van der Waals surface area contributed by atoms with Gasteiger partial charge in [0.1, 0.15) is 5.75 Å². The van der Waals surface area contributed by atoms with E-state index in [9.17, 15) is 18.0 Å². The molecule has 172 valence electrons. The molecule has 1 amide bonds. The van der Waals surface area contributed by atoms with Gasteiger partial charge in [0.15, 0.2) is 6.61 Å². The second kappa shape index (κ2) is 10.1. The van der Waals surface area contributed by atoms with Crippen molar-refractivity contribution in [2.75, 3.05) is 45.3 Å². The first-order chi connectivity index (χ1) is 15.2. The fraction of sp³-hybridized carbons (Fsp3) is 0.364. The molecular formula is C22H26N2O7S. The summed E-state index contributed by atoms with van der Waals surface area (Å²) in [4.78, 5) is 24.9. The molecule has 0 unspecified atom stereocenters. The maximum Gasteiger partial charge on any atom is 0.338 e. The van der Waals surface area contributed by atoms with E-state index in [1.807, 2.05) is 13.0 Å². The van der Waals surface area contributed by atoms with E-state index in [4.69, 9.17) is 14.2 Å². The predicted octanol–water partition coefficient (Wildman–Crippen LogP) is 2.13. The highest BCUT2D eigenvalue weighted by molar-refractivity contribution is 7.89. The maximum absolute atomic E-state index is 12.9. The highest BCUT2D eigenvalue weighted by Gasteiger charge is 2.27. The lowest BCUT2D eigenvalue weighted by molar-refractivity contribution is -0.119. The molecule has 9 nitrogen and oxygen atoms in total. The van der Waals surface area contributed by atoms with Crippen LogP contribution in [0, 0.1) is 13.8 Å². The van der Waals surface area contributed by atoms with Gasteiger partial charge in [-0.3, -0.25) is 4.79 Å². The maximum atomic E-state index is 12.9. The van der Waals surface area contributed by atoms with Crippen molar-refractivity contribution in [2.24, 2.45) is 0 Å². The van der Waals surface area contributed by atoms with E-state index in [0.717, 1.165) is 5.56 Å². The minimum Gasteiger partial charge on any atom is -0.495 e. The van der Waals surface area contributed by atoms with Gasteiger partial charge in [-0.05, 0) is 49.2 Å². The number of ether oxygens (including phenoxy) is 3. The van der Waals surface area contributed by atoms with Crippen molar-refractivity contribution in [3.63, 3.8) is 0 Å². The van der Waals surface area contributed by atoms with Gasteiger partial charge < -0.3 is 19.5 Å². The van der Waals surface area contributed by atoms with Crippen LogP contribution in [-0.4, -0.2) is 64.6 Å². The van der Waals surface area contributed by atoms with Crippen LogP contribution in [0.4, 0.5) is 5.69 Å². The molecule has 2 aromatic rings. The zero-order valence-electron chi connectivity index (χ0n) is 18.2. The Hall–Kier alpha value is -2.95. The van der Waals surface area contributed by atoms with Gasteiger partial charge in [0.25, 0.3) is 5.91 Å². The number of aryl methyl sites for hydroxylation is 2. The van der Waals surface area contributed by atoms with Gasteiger partial charge in [0, 0.05) is 13.1 Å². The van der Waals surface area contributed by atoms with Gasteiger partial charge in [-0.15, -0.1) is 0 Å². The fourth-order valence-corrected chi connectivity index (χ4v) is 4.67. The number of morpholine rings is 1. The molecule has 0 spiro atoms. The van der Waals surface area contributed by atoms with E-state index in [0.29, 0.717) is 30.2 Å². The Kier molecular flexibility index (Phi) is 7.49. The van der Waals surface area contributed by atoms with Gasteiger partial charge in [-0.1, -0.05) is 12.1 Å². The Labute approximate surface area is 187 Å². The van der Waals surface area contributed by atoms with Crippen molar-refractivity contribution in [1.82, 2.24) is 4.31 Å². The van der Waals surface area contributed by atoms with E-state index in [1.165, 1.54) is 23.5 Å². The van der Waals surface area contributed by atoms with Crippen LogP contribution in [0.2, 0.25) is 0 Å². The Bertz CT molecular complexity index is 1110. The zero-order valence-corrected chi connectivity index (χ0v) is 19.0. The van der Waals surface area contributed by atoms with Crippen LogP contribution in [0.25, 0.3) is 0 Å². The van der Waals surface area contributed by atoms with Gasteiger partial charge in [0.05, 0.1) is 36.5 Å². The molecule has 10 heteroatoms. The molecule has 1 N–H and O–H groups in total. The van der Waals surface area contributed by atoms with Crippen molar-refractivity contribution in [3.05, 3.63) is 53.1 Å². The third-order valence-corrected chi connectivity index (χ3v) is 6.89. The second-order valence-corrected chi connectivity index (χ2v) is 9.26. The lowest BCUT2D eigenvalue weighted by Gasteiger charge is -2.26. The number of benzene rings is 2. The highest BCUT2D eigenvalue weighted by atomic mass is 32.2. The fourth-order valence-electron chi connectivity index (χ4n) is 3.23. The number of sulfonamides is 1. The summed E-state index contributed by atoms with van der Waals surface area (Å²) in [6.45, 7) is 4.14. The summed E-state index contributed by atoms with van der Waals surface area (Å²) in [7, 11) is -2.28. The molecule has 2 aromatic carbocycles. The number of rotatable bonds is 7. The van der Waals surface area contributed by atoms with E-state index in [-0.39, 0.29) is 23.5 Å². The van der Waals surface area contributed by atoms with Crippen molar-refractivity contribution in [1.29, 1.82) is 0 Å². The molecule has 0 aromatic heterocycles. The van der Waals surface area contributed by atoms with Crippen molar-refractivity contribution in [3.8, 4) is 5.75 Å². The van der Waals surface area contributed by atoms with Crippen LogP contribution in [0.5, 0.6) is 5.75 Å². The molecule has 1 fully saturated rings. The number of carbonyl (C=O) groups is 2. The number of carbonyl (C=O) groups excluding carboxylic acids is 2. The molecule has 0 bridgehead atoms. The summed E-state index contributed by atoms with van der Waals surface area (Å²) in [6.07, 6.45) is 0. The van der Waals surface area contributed by atoms with Crippen LogP contribution in [-0.2, 0) is 24.3 Å². The molecule has 0 aliphatic carbocycles. The standard InChI is InChI=1S/C22H26N2O7S/c1-15-4-7-20(29-3)19(12-15)23-21(25)14-31-22(26)18-13-17(6-5-16(18)2)32(27,28)24-8-10-30-11-9-24/h4-7,12-13H,8-11,14H2,1-3H3,(H,23,25). The van der Waals surface area contributed by atoms with Gasteiger partial charge in [-0.25, -0.2) is 13.2 Å². The molecule has 32 heavy (non-hydrogen) atoms. The summed E-state index contributed by atoms with van der Waals surface area (Å²) in [6, 6.07) is 9.58. The van der Waals surface area contributed by atoms with Crippen LogP contribution >= 0.6 is 0 Å².